The monoisotopic (exact) mass is 418 g/mol. The fourth-order valence-electron chi connectivity index (χ4n) is 9.29. The molecule has 0 unspecified atom stereocenters. The highest BCUT2D eigenvalue weighted by molar-refractivity contribution is 5.79. The summed E-state index contributed by atoms with van der Waals surface area (Å²) >= 11 is 0. The summed E-state index contributed by atoms with van der Waals surface area (Å²) in [6.45, 7) is 9.35. The van der Waals surface area contributed by atoms with E-state index in [0.29, 0.717) is 47.7 Å². The second-order valence-electron chi connectivity index (χ2n) is 11.8. The minimum absolute atomic E-state index is 0.187. The van der Waals surface area contributed by atoms with Crippen LogP contribution in [-0.4, -0.2) is 28.1 Å². The van der Waals surface area contributed by atoms with Gasteiger partial charge in [-0.1, -0.05) is 34.1 Å². The van der Waals surface area contributed by atoms with Gasteiger partial charge in [-0.05, 0) is 90.8 Å². The van der Waals surface area contributed by atoms with Crippen molar-refractivity contribution in [1.82, 2.24) is 0 Å². The van der Waals surface area contributed by atoms with Crippen LogP contribution >= 0.6 is 0 Å². The minimum Gasteiger partial charge on any atom is -0.481 e. The second-order valence-corrected chi connectivity index (χ2v) is 11.8. The van der Waals surface area contributed by atoms with Crippen LogP contribution in [0.2, 0.25) is 0 Å². The molecule has 0 amide bonds. The largest absolute Gasteiger partial charge is 0.481 e. The Morgan fingerprint density at radius 3 is 2.47 bits per heavy atom. The number of aliphatic carboxylic acids is 1. The Hall–Kier alpha value is -0.900. The van der Waals surface area contributed by atoms with Crippen LogP contribution in [-0.2, 0) is 9.59 Å². The van der Waals surface area contributed by atoms with Crippen molar-refractivity contribution < 1.29 is 19.8 Å². The van der Waals surface area contributed by atoms with Crippen molar-refractivity contribution >= 4 is 11.8 Å². The molecule has 4 heteroatoms. The lowest BCUT2D eigenvalue weighted by Gasteiger charge is -2.64. The maximum atomic E-state index is 12.3. The van der Waals surface area contributed by atoms with Gasteiger partial charge in [-0.3, -0.25) is 9.59 Å². The number of carboxylic acids is 1. The predicted octanol–water partition coefficient (Wildman–Crippen LogP) is 5.32. The zero-order valence-electron chi connectivity index (χ0n) is 19.4. The fraction of sp³-hybridized carbons (Fsp3) is 0.923. The number of ketones is 1. The summed E-state index contributed by atoms with van der Waals surface area (Å²) in [5.41, 5.74) is 0.402. The molecule has 4 fully saturated rings. The van der Waals surface area contributed by atoms with Crippen LogP contribution in [0.4, 0.5) is 0 Å². The van der Waals surface area contributed by atoms with Gasteiger partial charge in [0.15, 0.2) is 0 Å². The van der Waals surface area contributed by atoms with Crippen LogP contribution in [0.15, 0.2) is 0 Å². The average Bonchev–Trinajstić information content (AvgIpc) is 3.05. The Labute approximate surface area is 182 Å². The van der Waals surface area contributed by atoms with Gasteiger partial charge in [-0.2, -0.15) is 0 Å². The van der Waals surface area contributed by atoms with E-state index in [1.807, 2.05) is 0 Å². The Morgan fingerprint density at radius 1 is 1.10 bits per heavy atom. The van der Waals surface area contributed by atoms with E-state index in [0.717, 1.165) is 32.1 Å². The molecule has 0 saturated heterocycles. The van der Waals surface area contributed by atoms with E-state index in [2.05, 4.69) is 27.7 Å². The maximum Gasteiger partial charge on any atom is 0.303 e. The second kappa shape index (κ2) is 7.90. The van der Waals surface area contributed by atoms with E-state index in [-0.39, 0.29) is 29.3 Å². The van der Waals surface area contributed by atoms with Crippen molar-refractivity contribution in [2.75, 3.05) is 0 Å². The lowest BCUT2D eigenvalue weighted by molar-refractivity contribution is -0.194. The van der Waals surface area contributed by atoms with Gasteiger partial charge in [0.2, 0.25) is 0 Å². The minimum atomic E-state index is -0.690. The molecule has 0 aromatic heterocycles. The summed E-state index contributed by atoms with van der Waals surface area (Å²) in [6, 6.07) is 0. The third-order valence-electron chi connectivity index (χ3n) is 10.8. The van der Waals surface area contributed by atoms with Gasteiger partial charge in [-0.25, -0.2) is 0 Å². The third-order valence-corrected chi connectivity index (χ3v) is 10.8. The summed E-state index contributed by atoms with van der Waals surface area (Å²) in [5.74, 6) is 2.69. The fourth-order valence-corrected chi connectivity index (χ4v) is 9.29. The number of Topliss-reactive ketones (excluding diaryl/α,β-unsaturated/α-hetero) is 1. The van der Waals surface area contributed by atoms with E-state index < -0.39 is 5.97 Å². The van der Waals surface area contributed by atoms with Gasteiger partial charge >= 0.3 is 5.97 Å². The lowest BCUT2D eigenvalue weighted by Crippen LogP contribution is -2.61. The molecule has 2 N–H and O–H groups in total. The van der Waals surface area contributed by atoms with Crippen molar-refractivity contribution in [1.29, 1.82) is 0 Å². The number of hydrogen-bond acceptors (Lipinski definition) is 3. The topological polar surface area (TPSA) is 74.6 Å². The molecule has 10 atom stereocenters. The first-order valence-corrected chi connectivity index (χ1v) is 12.5. The zero-order valence-corrected chi connectivity index (χ0v) is 19.4. The first kappa shape index (κ1) is 22.3. The summed E-state index contributed by atoms with van der Waals surface area (Å²) in [5, 5.41) is 20.8. The zero-order chi connectivity index (χ0) is 21.8. The molecule has 0 bridgehead atoms. The smallest absolute Gasteiger partial charge is 0.303 e. The SMILES string of the molecule is CC[C@@H]1[C@@H](O)[C@@H]2[C@H](CC[C@]3(C)[C@@H]([C@H](C)CCC(=O)O)CC[C@@H]23)[C@@]2(C)CCC(=O)C[C@@H]12. The number of aliphatic hydroxyl groups is 1. The maximum absolute atomic E-state index is 12.3. The van der Waals surface area contributed by atoms with E-state index in [4.69, 9.17) is 5.11 Å². The van der Waals surface area contributed by atoms with Crippen LogP contribution in [0, 0.1) is 52.3 Å². The van der Waals surface area contributed by atoms with Gasteiger partial charge in [-0.15, -0.1) is 0 Å². The normalized spacial score (nSPS) is 49.1. The Balaban J connectivity index is 1.62. The average molecular weight is 419 g/mol. The van der Waals surface area contributed by atoms with E-state index >= 15 is 0 Å². The molecule has 0 aliphatic heterocycles. The number of aliphatic hydroxyl groups excluding tert-OH is 1. The Morgan fingerprint density at radius 2 is 1.80 bits per heavy atom. The first-order valence-electron chi connectivity index (χ1n) is 12.5. The number of hydrogen-bond donors (Lipinski definition) is 2. The van der Waals surface area contributed by atoms with Gasteiger partial charge in [0.25, 0.3) is 0 Å². The molecule has 4 aliphatic rings. The van der Waals surface area contributed by atoms with Crippen LogP contribution in [0.3, 0.4) is 0 Å². The van der Waals surface area contributed by atoms with Crippen LogP contribution < -0.4 is 0 Å². The predicted molar refractivity (Wildman–Crippen MR) is 117 cm³/mol. The van der Waals surface area contributed by atoms with Crippen molar-refractivity contribution in [3.63, 3.8) is 0 Å². The molecule has 4 rings (SSSR count). The van der Waals surface area contributed by atoms with Gasteiger partial charge in [0.1, 0.15) is 5.78 Å². The number of fused-ring (bicyclic) bond motifs is 5. The molecule has 30 heavy (non-hydrogen) atoms. The molecular weight excluding hydrogens is 376 g/mol. The first-order chi connectivity index (χ1) is 14.1. The molecule has 4 saturated carbocycles. The number of rotatable bonds is 5. The number of carbonyl (C=O) groups excluding carboxylic acids is 1. The lowest BCUT2D eigenvalue weighted by atomic mass is 9.41. The van der Waals surface area contributed by atoms with Crippen molar-refractivity contribution in [3.05, 3.63) is 0 Å². The number of carboxylic acid groups (broad SMARTS) is 1. The van der Waals surface area contributed by atoms with E-state index in [1.165, 1.54) is 19.3 Å². The molecule has 0 aromatic carbocycles. The summed E-state index contributed by atoms with van der Waals surface area (Å²) in [4.78, 5) is 23.4. The van der Waals surface area contributed by atoms with Crippen LogP contribution in [0.1, 0.15) is 91.9 Å². The number of carbonyl (C=O) groups is 2. The summed E-state index contributed by atoms with van der Waals surface area (Å²) < 4.78 is 0. The van der Waals surface area contributed by atoms with E-state index in [1.54, 1.807) is 0 Å². The van der Waals surface area contributed by atoms with Gasteiger partial charge in [0.05, 0.1) is 6.10 Å². The molecule has 170 valence electrons. The van der Waals surface area contributed by atoms with Gasteiger partial charge < -0.3 is 10.2 Å². The quantitative estimate of drug-likeness (QED) is 0.633. The molecule has 0 radical (unpaired) electrons. The molecule has 0 heterocycles. The van der Waals surface area contributed by atoms with Crippen molar-refractivity contribution in [3.8, 4) is 0 Å². The van der Waals surface area contributed by atoms with Crippen molar-refractivity contribution in [2.24, 2.45) is 52.3 Å². The molecular formula is C26H42O4. The van der Waals surface area contributed by atoms with Gasteiger partial charge in [0, 0.05) is 19.3 Å². The highest BCUT2D eigenvalue weighted by Gasteiger charge is 2.64. The molecule has 0 spiro atoms. The molecule has 4 aliphatic carbocycles. The Kier molecular flexibility index (Phi) is 5.87. The Bertz CT molecular complexity index is 689. The highest BCUT2D eigenvalue weighted by atomic mass is 16.4. The summed E-state index contributed by atoms with van der Waals surface area (Å²) in [7, 11) is 0. The highest BCUT2D eigenvalue weighted by Crippen LogP contribution is 2.69. The molecule has 4 nitrogen and oxygen atoms in total. The standard InChI is InChI=1S/C26H42O4/c1-5-17-21-14-16(27)10-12-26(21,4)20-11-13-25(3)18(15(2)6-9-22(28)29)7-8-19(25)23(20)24(17)30/h15,17-21,23-24,30H,5-14H2,1-4H3,(H,28,29)/t15-,17+,18-,19+,20+,21+,23+,24-,25-,26-/m1/s1. The van der Waals surface area contributed by atoms with E-state index in [9.17, 15) is 14.7 Å². The summed E-state index contributed by atoms with van der Waals surface area (Å²) in [6.07, 6.45) is 8.79. The van der Waals surface area contributed by atoms with Crippen LogP contribution in [0.25, 0.3) is 0 Å². The van der Waals surface area contributed by atoms with Crippen molar-refractivity contribution in [2.45, 2.75) is 98.0 Å². The third kappa shape index (κ3) is 3.27. The van der Waals surface area contributed by atoms with Crippen LogP contribution in [0.5, 0.6) is 0 Å². The molecule has 0 aromatic rings.